The van der Waals surface area contributed by atoms with Crippen molar-refractivity contribution in [2.75, 3.05) is 25.4 Å². The van der Waals surface area contributed by atoms with Gasteiger partial charge in [-0.2, -0.15) is 0 Å². The average Bonchev–Trinajstić information content (AvgIpc) is 2.34. The molecule has 0 aromatic heterocycles. The van der Waals surface area contributed by atoms with Crippen molar-refractivity contribution in [3.8, 4) is 0 Å². The molecule has 0 radical (unpaired) electrons. The highest BCUT2D eigenvalue weighted by Crippen LogP contribution is 2.37. The summed E-state index contributed by atoms with van der Waals surface area (Å²) in [7, 11) is 3.00. The number of carboxylic acid groups (broad SMARTS) is 1. The zero-order chi connectivity index (χ0) is 15.6. The van der Waals surface area contributed by atoms with Crippen molar-refractivity contribution in [3.63, 3.8) is 0 Å². The predicted octanol–water partition coefficient (Wildman–Crippen LogP) is 0.274. The van der Waals surface area contributed by atoms with Crippen molar-refractivity contribution in [3.05, 3.63) is 0 Å². The molecule has 0 aromatic carbocycles. The van der Waals surface area contributed by atoms with Crippen molar-refractivity contribution in [2.45, 2.75) is 31.1 Å². The first-order valence-electron chi connectivity index (χ1n) is 6.10. The second-order valence-electron chi connectivity index (χ2n) is 4.71. The Morgan fingerprint density at radius 2 is 1.95 bits per heavy atom. The topological polar surface area (TPSA) is 119 Å². The largest absolute Gasteiger partial charge is 0.465 e. The van der Waals surface area contributed by atoms with E-state index in [0.29, 0.717) is 12.3 Å². The van der Waals surface area contributed by atoms with Gasteiger partial charge < -0.3 is 26.0 Å². The maximum atomic E-state index is 11.6. The van der Waals surface area contributed by atoms with Crippen LogP contribution in [0.2, 0.25) is 0 Å². The maximum absolute atomic E-state index is 11.6. The molecular weight excluding hydrogens is 304 g/mol. The second kappa shape index (κ2) is 10.1. The number of aliphatic hydroxyl groups excluding tert-OH is 2. The average molecular weight is 326 g/mol. The Bertz CT molecular complexity index is 315. The molecular formula is C11H22N2O5S2. The fourth-order valence-corrected chi connectivity index (χ4v) is 3.59. The van der Waals surface area contributed by atoms with Crippen LogP contribution in [-0.2, 0) is 4.79 Å². The van der Waals surface area contributed by atoms with Crippen LogP contribution in [0.4, 0.5) is 4.79 Å². The monoisotopic (exact) mass is 326 g/mol. The molecule has 0 spiro atoms. The lowest BCUT2D eigenvalue weighted by molar-refractivity contribution is -0.122. The Balaban J connectivity index is 3.81. The van der Waals surface area contributed by atoms with E-state index in [1.54, 1.807) is 0 Å². The minimum Gasteiger partial charge on any atom is -0.465 e. The summed E-state index contributed by atoms with van der Waals surface area (Å²) in [6.07, 6.45) is -1.71. The van der Waals surface area contributed by atoms with Crippen LogP contribution in [0.5, 0.6) is 0 Å². The van der Waals surface area contributed by atoms with Crippen LogP contribution in [0.3, 0.4) is 0 Å². The fraction of sp³-hybridized carbons (Fsp3) is 0.818. The van der Waals surface area contributed by atoms with Crippen LogP contribution in [0.25, 0.3) is 0 Å². The summed E-state index contributed by atoms with van der Waals surface area (Å²) in [5, 5.41) is 31.0. The smallest absolute Gasteiger partial charge is 0.404 e. The Morgan fingerprint density at radius 3 is 2.50 bits per heavy atom. The highest BCUT2D eigenvalue weighted by atomic mass is 33.1. The Kier molecular flexibility index (Phi) is 9.82. The van der Waals surface area contributed by atoms with Crippen molar-refractivity contribution in [2.24, 2.45) is 0 Å². The lowest BCUT2D eigenvalue weighted by Gasteiger charge is -2.22. The first-order valence-corrected chi connectivity index (χ1v) is 8.42. The molecule has 0 aliphatic rings. The van der Waals surface area contributed by atoms with Gasteiger partial charge in [0.2, 0.25) is 5.91 Å². The molecule has 7 nitrogen and oxygen atoms in total. The van der Waals surface area contributed by atoms with Gasteiger partial charge in [0.25, 0.3) is 0 Å². The number of nitrogens with one attached hydrogen (secondary N) is 2. The van der Waals surface area contributed by atoms with E-state index < -0.39 is 12.2 Å². The van der Waals surface area contributed by atoms with Crippen LogP contribution in [-0.4, -0.2) is 63.6 Å². The Labute approximate surface area is 126 Å². The summed E-state index contributed by atoms with van der Waals surface area (Å²) in [6.45, 7) is 3.84. The molecule has 5 N–H and O–H groups in total. The molecule has 0 fully saturated rings. The van der Waals surface area contributed by atoms with Gasteiger partial charge in [-0.1, -0.05) is 21.6 Å². The highest BCUT2D eigenvalue weighted by molar-refractivity contribution is 8.77. The van der Waals surface area contributed by atoms with Gasteiger partial charge in [-0.15, -0.1) is 0 Å². The molecule has 0 heterocycles. The Hall–Kier alpha value is -0.640. The number of carbonyl (C=O) groups excluding carboxylic acids is 1. The lowest BCUT2D eigenvalue weighted by Crippen LogP contribution is -2.36. The second-order valence-corrected chi connectivity index (χ2v) is 7.84. The van der Waals surface area contributed by atoms with E-state index in [1.807, 2.05) is 13.8 Å². The van der Waals surface area contributed by atoms with E-state index in [-0.39, 0.29) is 30.2 Å². The molecule has 0 rings (SSSR count). The summed E-state index contributed by atoms with van der Waals surface area (Å²) in [5.41, 5.74) is 0. The number of hydrogen-bond donors (Lipinski definition) is 5. The van der Waals surface area contributed by atoms with Gasteiger partial charge >= 0.3 is 6.09 Å². The Morgan fingerprint density at radius 1 is 1.30 bits per heavy atom. The van der Waals surface area contributed by atoms with Crippen LogP contribution < -0.4 is 10.6 Å². The van der Waals surface area contributed by atoms with E-state index in [1.165, 1.54) is 21.6 Å². The molecule has 0 bridgehead atoms. The molecule has 0 saturated heterocycles. The van der Waals surface area contributed by atoms with E-state index in [9.17, 15) is 9.59 Å². The van der Waals surface area contributed by atoms with Crippen molar-refractivity contribution in [1.82, 2.24) is 10.6 Å². The van der Waals surface area contributed by atoms with Gasteiger partial charge in [0.05, 0.1) is 12.7 Å². The summed E-state index contributed by atoms with van der Waals surface area (Å²) in [5.74, 6) is 0.421. The summed E-state index contributed by atoms with van der Waals surface area (Å²) >= 11 is 0. The van der Waals surface area contributed by atoms with Gasteiger partial charge in [0, 0.05) is 30.0 Å². The third-order valence-corrected chi connectivity index (χ3v) is 5.37. The molecule has 118 valence electrons. The fourth-order valence-electron chi connectivity index (χ4n) is 1.18. The first kappa shape index (κ1) is 19.4. The van der Waals surface area contributed by atoms with Crippen LogP contribution in [0.1, 0.15) is 20.3 Å². The zero-order valence-electron chi connectivity index (χ0n) is 11.6. The molecule has 2 amide bonds. The van der Waals surface area contributed by atoms with E-state index >= 15 is 0 Å². The van der Waals surface area contributed by atoms with Gasteiger partial charge in [-0.3, -0.25) is 4.79 Å². The predicted molar refractivity (Wildman–Crippen MR) is 80.9 cm³/mol. The zero-order valence-corrected chi connectivity index (χ0v) is 13.2. The molecule has 0 aliphatic carbocycles. The van der Waals surface area contributed by atoms with Gasteiger partial charge in [0.1, 0.15) is 0 Å². The quantitative estimate of drug-likeness (QED) is 0.289. The summed E-state index contributed by atoms with van der Waals surface area (Å²) < 4.78 is -0.303. The molecule has 20 heavy (non-hydrogen) atoms. The van der Waals surface area contributed by atoms with Crippen molar-refractivity contribution < 1.29 is 24.9 Å². The molecule has 9 heteroatoms. The van der Waals surface area contributed by atoms with E-state index in [2.05, 4.69) is 10.6 Å². The number of amides is 2. The highest BCUT2D eigenvalue weighted by Gasteiger charge is 2.23. The SMILES string of the molecule is CC(C)(CC(=O)NCC(O)CO)SSCCNC(=O)O. The van der Waals surface area contributed by atoms with Gasteiger partial charge in [-0.25, -0.2) is 4.79 Å². The number of carbonyl (C=O) groups is 2. The minimum absolute atomic E-state index is 0.0335. The minimum atomic E-state index is -1.04. The van der Waals surface area contributed by atoms with E-state index in [0.717, 1.165) is 0 Å². The van der Waals surface area contributed by atoms with Gasteiger partial charge in [0.15, 0.2) is 0 Å². The first-order chi connectivity index (χ1) is 9.26. The van der Waals surface area contributed by atoms with Crippen molar-refractivity contribution in [1.29, 1.82) is 0 Å². The van der Waals surface area contributed by atoms with Crippen molar-refractivity contribution >= 4 is 33.6 Å². The maximum Gasteiger partial charge on any atom is 0.404 e. The van der Waals surface area contributed by atoms with Crippen LogP contribution >= 0.6 is 21.6 Å². The third kappa shape index (κ3) is 11.2. The summed E-state index contributed by atoms with van der Waals surface area (Å²) in [4.78, 5) is 21.9. The van der Waals surface area contributed by atoms with E-state index in [4.69, 9.17) is 15.3 Å². The van der Waals surface area contributed by atoms with Crippen LogP contribution in [0.15, 0.2) is 0 Å². The molecule has 0 aromatic rings. The lowest BCUT2D eigenvalue weighted by atomic mass is 10.1. The number of aliphatic hydroxyl groups is 2. The normalized spacial score (nSPS) is 12.8. The van der Waals surface area contributed by atoms with Crippen LogP contribution in [0, 0.1) is 0 Å². The molecule has 1 atom stereocenters. The molecule has 0 saturated carbocycles. The third-order valence-electron chi connectivity index (χ3n) is 2.08. The number of rotatable bonds is 10. The number of hydrogen-bond acceptors (Lipinski definition) is 6. The molecule has 0 aliphatic heterocycles. The summed E-state index contributed by atoms with van der Waals surface area (Å²) in [6, 6.07) is 0. The molecule has 1 unspecified atom stereocenters. The standard InChI is InChI=1S/C11H22N2O5S2/c1-11(2,20-19-4-3-12-10(17)18)5-9(16)13-6-8(15)7-14/h8,12,14-15H,3-7H2,1-2H3,(H,13,16)(H,17,18). The van der Waals surface area contributed by atoms with Gasteiger partial charge in [-0.05, 0) is 13.8 Å².